The first kappa shape index (κ1) is 11.3. The molecule has 82 valence electrons. The van der Waals surface area contributed by atoms with E-state index in [4.69, 9.17) is 9.84 Å². The first-order chi connectivity index (χ1) is 7.22. The number of amides is 2. The van der Waals surface area contributed by atoms with Crippen LogP contribution in [0.1, 0.15) is 0 Å². The van der Waals surface area contributed by atoms with Gasteiger partial charge in [0.25, 0.3) is 0 Å². The second-order valence-electron chi connectivity index (χ2n) is 2.92. The van der Waals surface area contributed by atoms with Crippen LogP contribution in [0.2, 0.25) is 0 Å². The number of urea groups is 1. The summed E-state index contributed by atoms with van der Waals surface area (Å²) >= 11 is 0. The van der Waals surface area contributed by atoms with Crippen LogP contribution >= 0.6 is 0 Å². The van der Waals surface area contributed by atoms with E-state index < -0.39 is 0 Å². The van der Waals surface area contributed by atoms with Gasteiger partial charge in [0, 0.05) is 25.4 Å². The molecule has 0 aliphatic rings. The summed E-state index contributed by atoms with van der Waals surface area (Å²) in [5.74, 6) is 0.115. The highest BCUT2D eigenvalue weighted by Crippen LogP contribution is 2.14. The molecule has 1 aromatic carbocycles. The molecule has 0 aromatic heterocycles. The van der Waals surface area contributed by atoms with Crippen molar-refractivity contribution >= 4 is 11.7 Å². The molecule has 5 heteroatoms. The molecule has 0 bridgehead atoms. The van der Waals surface area contributed by atoms with Gasteiger partial charge in [-0.15, -0.1) is 0 Å². The topological polar surface area (TPSA) is 70.6 Å². The van der Waals surface area contributed by atoms with Crippen molar-refractivity contribution in [2.24, 2.45) is 0 Å². The van der Waals surface area contributed by atoms with E-state index in [0.717, 1.165) is 0 Å². The van der Waals surface area contributed by atoms with E-state index in [1.165, 1.54) is 12.1 Å². The molecule has 0 unspecified atom stereocenters. The molecule has 15 heavy (non-hydrogen) atoms. The van der Waals surface area contributed by atoms with Crippen molar-refractivity contribution in [2.75, 3.05) is 25.6 Å². The summed E-state index contributed by atoms with van der Waals surface area (Å²) in [5.41, 5.74) is 0.546. The van der Waals surface area contributed by atoms with E-state index in [2.05, 4.69) is 10.6 Å². The third kappa shape index (κ3) is 4.33. The fourth-order valence-corrected chi connectivity index (χ4v) is 1.03. The third-order valence-electron chi connectivity index (χ3n) is 1.70. The molecule has 0 aliphatic carbocycles. The van der Waals surface area contributed by atoms with Gasteiger partial charge in [-0.2, -0.15) is 0 Å². The molecule has 1 aromatic rings. The van der Waals surface area contributed by atoms with E-state index in [1.807, 2.05) is 0 Å². The maximum Gasteiger partial charge on any atom is 0.319 e. The Hall–Kier alpha value is -1.75. The second-order valence-corrected chi connectivity index (χ2v) is 2.92. The number of ether oxygens (including phenoxy) is 1. The molecule has 1 rings (SSSR count). The van der Waals surface area contributed by atoms with Crippen LogP contribution in [0.15, 0.2) is 24.3 Å². The van der Waals surface area contributed by atoms with Crippen molar-refractivity contribution in [3.63, 3.8) is 0 Å². The molecule has 3 N–H and O–H groups in total. The van der Waals surface area contributed by atoms with Gasteiger partial charge in [-0.1, -0.05) is 6.07 Å². The van der Waals surface area contributed by atoms with Gasteiger partial charge in [0.15, 0.2) is 0 Å². The summed E-state index contributed by atoms with van der Waals surface area (Å²) in [6.07, 6.45) is 0. The van der Waals surface area contributed by atoms with Gasteiger partial charge in [0.1, 0.15) is 5.75 Å². The lowest BCUT2D eigenvalue weighted by atomic mass is 10.3. The molecular formula is C10H14N2O3. The summed E-state index contributed by atoms with van der Waals surface area (Å²) in [7, 11) is 1.56. The smallest absolute Gasteiger partial charge is 0.319 e. The zero-order valence-electron chi connectivity index (χ0n) is 8.49. The largest absolute Gasteiger partial charge is 0.508 e. The van der Waals surface area contributed by atoms with E-state index in [0.29, 0.717) is 18.8 Å². The highest BCUT2D eigenvalue weighted by Gasteiger charge is 2.00. The Balaban J connectivity index is 2.37. The van der Waals surface area contributed by atoms with Gasteiger partial charge in [0.2, 0.25) is 0 Å². The van der Waals surface area contributed by atoms with Crippen molar-refractivity contribution in [2.45, 2.75) is 0 Å². The number of phenols is 1. The molecule has 2 amide bonds. The molecule has 0 aliphatic heterocycles. The minimum atomic E-state index is -0.322. The van der Waals surface area contributed by atoms with Crippen molar-refractivity contribution in [3.8, 4) is 5.75 Å². The number of aromatic hydroxyl groups is 1. The molecule has 0 spiro atoms. The number of hydrogen-bond acceptors (Lipinski definition) is 3. The summed E-state index contributed by atoms with van der Waals surface area (Å²) in [4.78, 5) is 11.2. The van der Waals surface area contributed by atoms with Gasteiger partial charge in [0.05, 0.1) is 6.61 Å². The highest BCUT2D eigenvalue weighted by atomic mass is 16.5. The zero-order valence-corrected chi connectivity index (χ0v) is 8.49. The Morgan fingerprint density at radius 2 is 2.33 bits per heavy atom. The van der Waals surface area contributed by atoms with Gasteiger partial charge < -0.3 is 20.5 Å². The number of methoxy groups -OCH3 is 1. The Morgan fingerprint density at radius 3 is 3.00 bits per heavy atom. The van der Waals surface area contributed by atoms with Crippen LogP contribution < -0.4 is 10.6 Å². The van der Waals surface area contributed by atoms with Crippen molar-refractivity contribution < 1.29 is 14.6 Å². The van der Waals surface area contributed by atoms with E-state index in [9.17, 15) is 4.79 Å². The average molecular weight is 210 g/mol. The fourth-order valence-electron chi connectivity index (χ4n) is 1.03. The molecule has 0 saturated carbocycles. The van der Waals surface area contributed by atoms with Gasteiger partial charge in [-0.3, -0.25) is 0 Å². The molecule has 0 radical (unpaired) electrons. The quantitative estimate of drug-likeness (QED) is 0.653. The van der Waals surface area contributed by atoms with Crippen molar-refractivity contribution in [1.29, 1.82) is 0 Å². The Kier molecular flexibility index (Phi) is 4.43. The number of rotatable bonds is 4. The second kappa shape index (κ2) is 5.87. The number of carbonyl (C=O) groups is 1. The van der Waals surface area contributed by atoms with Crippen LogP contribution in [0.5, 0.6) is 5.75 Å². The first-order valence-corrected chi connectivity index (χ1v) is 4.55. The Morgan fingerprint density at radius 1 is 1.53 bits per heavy atom. The lowest BCUT2D eigenvalue weighted by Crippen LogP contribution is -2.31. The standard InChI is InChI=1S/C10H14N2O3/c1-15-6-5-11-10(14)12-8-3-2-4-9(13)7-8/h2-4,7,13H,5-6H2,1H3,(H2,11,12,14). The molecule has 0 fully saturated rings. The fraction of sp³-hybridized carbons (Fsp3) is 0.300. The number of hydrogen-bond donors (Lipinski definition) is 3. The first-order valence-electron chi connectivity index (χ1n) is 4.55. The predicted octanol–water partition coefficient (Wildman–Crippen LogP) is 1.16. The number of benzene rings is 1. The maximum atomic E-state index is 11.2. The van der Waals surface area contributed by atoms with Crippen LogP contribution in [0.3, 0.4) is 0 Å². The van der Waals surface area contributed by atoms with Crippen molar-refractivity contribution in [1.82, 2.24) is 5.32 Å². The Labute approximate surface area is 88.1 Å². The normalized spacial score (nSPS) is 9.67. The Bertz CT molecular complexity index is 328. The minimum absolute atomic E-state index is 0.115. The highest BCUT2D eigenvalue weighted by molar-refractivity contribution is 5.89. The molecule has 0 heterocycles. The zero-order chi connectivity index (χ0) is 11.1. The lowest BCUT2D eigenvalue weighted by molar-refractivity contribution is 0.198. The molecule has 0 atom stereocenters. The minimum Gasteiger partial charge on any atom is -0.508 e. The van der Waals surface area contributed by atoms with E-state index in [-0.39, 0.29) is 11.8 Å². The SMILES string of the molecule is COCCNC(=O)Nc1cccc(O)c1. The van der Waals surface area contributed by atoms with E-state index in [1.54, 1.807) is 19.2 Å². The summed E-state index contributed by atoms with van der Waals surface area (Å²) < 4.78 is 4.78. The van der Waals surface area contributed by atoms with Gasteiger partial charge in [-0.05, 0) is 12.1 Å². The van der Waals surface area contributed by atoms with Crippen molar-refractivity contribution in [3.05, 3.63) is 24.3 Å². The number of carbonyl (C=O) groups excluding carboxylic acids is 1. The number of anilines is 1. The summed E-state index contributed by atoms with van der Waals surface area (Å²) in [6, 6.07) is 6.03. The molecule has 5 nitrogen and oxygen atoms in total. The van der Waals surface area contributed by atoms with Crippen LogP contribution in [0.4, 0.5) is 10.5 Å². The monoisotopic (exact) mass is 210 g/mol. The van der Waals surface area contributed by atoms with Crippen LogP contribution in [0.25, 0.3) is 0 Å². The van der Waals surface area contributed by atoms with Crippen LogP contribution in [-0.2, 0) is 4.74 Å². The number of nitrogens with one attached hydrogen (secondary N) is 2. The predicted molar refractivity (Wildman–Crippen MR) is 57.0 cm³/mol. The summed E-state index contributed by atoms with van der Waals surface area (Å²) in [5, 5.41) is 14.3. The van der Waals surface area contributed by atoms with Crippen LogP contribution in [-0.4, -0.2) is 31.4 Å². The third-order valence-corrected chi connectivity index (χ3v) is 1.70. The average Bonchev–Trinajstić information content (AvgIpc) is 2.18. The van der Waals surface area contributed by atoms with E-state index >= 15 is 0 Å². The van der Waals surface area contributed by atoms with Crippen LogP contribution in [0, 0.1) is 0 Å². The maximum absolute atomic E-state index is 11.2. The number of phenolic OH excluding ortho intramolecular Hbond substituents is 1. The van der Waals surface area contributed by atoms with Gasteiger partial charge >= 0.3 is 6.03 Å². The lowest BCUT2D eigenvalue weighted by Gasteiger charge is -2.06. The van der Waals surface area contributed by atoms with Gasteiger partial charge in [-0.25, -0.2) is 4.79 Å². The molecular weight excluding hydrogens is 196 g/mol. The molecule has 0 saturated heterocycles. The summed E-state index contributed by atoms with van der Waals surface area (Å²) in [6.45, 7) is 0.911.